The molecule has 4 heterocycles. The summed E-state index contributed by atoms with van der Waals surface area (Å²) in [5, 5.41) is 0.585. The molecule has 1 atom stereocenters. The lowest BCUT2D eigenvalue weighted by Gasteiger charge is -2.60. The number of likely N-dealkylation sites (tertiary alicyclic amines) is 1. The second kappa shape index (κ2) is 6.45. The van der Waals surface area contributed by atoms with E-state index in [0.717, 1.165) is 18.8 Å². The fourth-order valence-corrected chi connectivity index (χ4v) is 4.53. The molecule has 29 heavy (non-hydrogen) atoms. The van der Waals surface area contributed by atoms with Crippen LogP contribution in [-0.2, 0) is 0 Å². The van der Waals surface area contributed by atoms with Crippen LogP contribution in [-0.4, -0.2) is 59.7 Å². The van der Waals surface area contributed by atoms with Gasteiger partial charge >= 0.3 is 6.03 Å². The molecule has 3 aliphatic rings. The third-order valence-corrected chi connectivity index (χ3v) is 6.11. The van der Waals surface area contributed by atoms with Crippen LogP contribution in [0.25, 0.3) is 0 Å². The van der Waals surface area contributed by atoms with Gasteiger partial charge in [-0.1, -0.05) is 11.6 Å². The third kappa shape index (κ3) is 2.97. The molecule has 0 aliphatic carbocycles. The smallest absolute Gasteiger partial charge is 0.325 e. The van der Waals surface area contributed by atoms with Gasteiger partial charge in [0, 0.05) is 42.7 Å². The number of rotatable bonds is 1. The Morgan fingerprint density at radius 3 is 2.79 bits per heavy atom. The number of anilines is 2. The molecule has 9 heteroatoms. The highest BCUT2D eigenvalue weighted by molar-refractivity contribution is 6.30. The van der Waals surface area contributed by atoms with Crippen LogP contribution in [0.1, 0.15) is 12.6 Å². The van der Waals surface area contributed by atoms with Gasteiger partial charge in [-0.15, -0.1) is 0 Å². The Balaban J connectivity index is 1.25. The van der Waals surface area contributed by atoms with Crippen molar-refractivity contribution in [1.82, 2.24) is 14.9 Å². The average molecular weight is 418 g/mol. The van der Waals surface area contributed by atoms with Crippen LogP contribution >= 0.6 is 11.6 Å². The number of halogens is 2. The van der Waals surface area contributed by atoms with Crippen LogP contribution in [0.2, 0.25) is 5.02 Å². The number of carbonyl (C=O) groups excluding carboxylic acids is 1. The number of ether oxygens (including phenoxy) is 1. The molecule has 2 aromatic rings. The van der Waals surface area contributed by atoms with Crippen molar-refractivity contribution in [3.05, 3.63) is 40.9 Å². The van der Waals surface area contributed by atoms with E-state index in [4.69, 9.17) is 16.3 Å². The van der Waals surface area contributed by atoms with E-state index in [0.29, 0.717) is 42.1 Å². The highest BCUT2D eigenvalue weighted by Crippen LogP contribution is 2.43. The number of aryl methyl sites for hydroxylation is 1. The van der Waals surface area contributed by atoms with Gasteiger partial charge < -0.3 is 14.5 Å². The molecule has 2 saturated heterocycles. The van der Waals surface area contributed by atoms with Gasteiger partial charge in [-0.25, -0.2) is 19.2 Å². The van der Waals surface area contributed by atoms with Gasteiger partial charge in [0.25, 0.3) is 0 Å². The summed E-state index contributed by atoms with van der Waals surface area (Å²) in [5.41, 5.74) is 1.17. The van der Waals surface area contributed by atoms with Crippen LogP contribution in [0, 0.1) is 18.2 Å². The first-order valence-electron chi connectivity index (χ1n) is 9.60. The van der Waals surface area contributed by atoms with Gasteiger partial charge in [0.1, 0.15) is 12.4 Å². The molecule has 0 bridgehead atoms. The van der Waals surface area contributed by atoms with E-state index in [1.807, 2.05) is 22.8 Å². The van der Waals surface area contributed by atoms with E-state index >= 15 is 0 Å². The van der Waals surface area contributed by atoms with E-state index in [1.165, 1.54) is 6.20 Å². The van der Waals surface area contributed by atoms with Gasteiger partial charge in [0.2, 0.25) is 5.95 Å². The van der Waals surface area contributed by atoms with Gasteiger partial charge in [-0.2, -0.15) is 0 Å². The Morgan fingerprint density at radius 2 is 2.07 bits per heavy atom. The van der Waals surface area contributed by atoms with Crippen LogP contribution in [0.4, 0.5) is 20.8 Å². The molecule has 2 fully saturated rings. The Labute approximate surface area is 173 Å². The Kier molecular flexibility index (Phi) is 4.10. The summed E-state index contributed by atoms with van der Waals surface area (Å²) in [6.45, 7) is 6.97. The lowest BCUT2D eigenvalue weighted by Crippen LogP contribution is -2.74. The van der Waals surface area contributed by atoms with E-state index in [2.05, 4.69) is 9.97 Å². The number of urea groups is 1. The summed E-state index contributed by atoms with van der Waals surface area (Å²) in [6, 6.07) is 5.28. The van der Waals surface area contributed by atoms with E-state index in [1.54, 1.807) is 24.0 Å². The topological polar surface area (TPSA) is 61.8 Å². The van der Waals surface area contributed by atoms with Crippen molar-refractivity contribution in [3.8, 4) is 5.75 Å². The Bertz CT molecular complexity index is 989. The molecule has 0 N–H and O–H groups in total. The fourth-order valence-electron chi connectivity index (χ4n) is 4.36. The quantitative estimate of drug-likeness (QED) is 0.713. The molecule has 1 spiro atoms. The van der Waals surface area contributed by atoms with Crippen molar-refractivity contribution in [1.29, 1.82) is 0 Å². The maximum Gasteiger partial charge on any atom is 0.325 e. The van der Waals surface area contributed by atoms with E-state index in [-0.39, 0.29) is 17.5 Å². The molecule has 152 valence electrons. The van der Waals surface area contributed by atoms with Gasteiger partial charge in [0.15, 0.2) is 5.82 Å². The molecule has 2 amide bonds. The second-order valence-electron chi connectivity index (χ2n) is 8.24. The number of benzene rings is 1. The molecule has 3 aliphatic heterocycles. The molecule has 5 rings (SSSR count). The lowest BCUT2D eigenvalue weighted by molar-refractivity contribution is 0.00811. The molecular weight excluding hydrogens is 397 g/mol. The fraction of sp³-hybridized carbons (Fsp3) is 0.450. The number of hydrogen-bond donors (Lipinski definition) is 0. The van der Waals surface area contributed by atoms with Crippen molar-refractivity contribution >= 4 is 29.3 Å². The average Bonchev–Trinajstić information content (AvgIpc) is 2.62. The maximum absolute atomic E-state index is 13.4. The summed E-state index contributed by atoms with van der Waals surface area (Å²) >= 11 is 6.06. The number of carbonyl (C=O) groups is 1. The number of aromatic nitrogens is 2. The first kappa shape index (κ1) is 18.4. The first-order valence-corrected chi connectivity index (χ1v) is 9.98. The first-order chi connectivity index (χ1) is 13.8. The summed E-state index contributed by atoms with van der Waals surface area (Å²) < 4.78 is 19.1. The third-order valence-electron chi connectivity index (χ3n) is 5.87. The van der Waals surface area contributed by atoms with Crippen molar-refractivity contribution in [3.63, 3.8) is 0 Å². The van der Waals surface area contributed by atoms with Gasteiger partial charge in [-0.3, -0.25) is 4.90 Å². The number of nitrogens with zero attached hydrogens (tertiary/aromatic N) is 5. The van der Waals surface area contributed by atoms with E-state index in [9.17, 15) is 9.18 Å². The predicted octanol–water partition coefficient (Wildman–Crippen LogP) is 3.11. The zero-order valence-corrected chi connectivity index (χ0v) is 17.0. The van der Waals surface area contributed by atoms with Gasteiger partial charge in [-0.05, 0) is 26.0 Å². The number of amides is 2. The minimum Gasteiger partial charge on any atom is -0.489 e. The number of fused-ring (bicyclic) bond motifs is 1. The van der Waals surface area contributed by atoms with Gasteiger partial charge in [0.05, 0.1) is 23.6 Å². The molecule has 1 unspecified atom stereocenters. The minimum atomic E-state index is -0.398. The summed E-state index contributed by atoms with van der Waals surface area (Å²) in [4.78, 5) is 27.2. The van der Waals surface area contributed by atoms with Crippen molar-refractivity contribution in [2.45, 2.75) is 19.9 Å². The molecule has 0 radical (unpaired) electrons. The van der Waals surface area contributed by atoms with Crippen LogP contribution in [0.5, 0.6) is 5.75 Å². The minimum absolute atomic E-state index is 0.0117. The Morgan fingerprint density at radius 1 is 1.31 bits per heavy atom. The summed E-state index contributed by atoms with van der Waals surface area (Å²) in [6.07, 6.45) is 1.21. The predicted molar refractivity (Wildman–Crippen MR) is 107 cm³/mol. The van der Waals surface area contributed by atoms with Crippen LogP contribution < -0.4 is 14.5 Å². The highest BCUT2D eigenvalue weighted by atomic mass is 35.5. The molecule has 1 aromatic carbocycles. The maximum atomic E-state index is 13.4. The lowest BCUT2D eigenvalue weighted by atomic mass is 9.73. The van der Waals surface area contributed by atoms with E-state index < -0.39 is 5.82 Å². The monoisotopic (exact) mass is 417 g/mol. The summed E-state index contributed by atoms with van der Waals surface area (Å²) in [7, 11) is 0. The Hall–Kier alpha value is -2.61. The number of hydrogen-bond acceptors (Lipinski definition) is 5. The molecule has 7 nitrogen and oxygen atoms in total. The van der Waals surface area contributed by atoms with Crippen molar-refractivity contribution in [2.24, 2.45) is 5.41 Å². The highest BCUT2D eigenvalue weighted by Gasteiger charge is 2.55. The molecular formula is C20H21ClFN5O2. The summed E-state index contributed by atoms with van der Waals surface area (Å²) in [5.74, 6) is 0.787. The molecule has 0 saturated carbocycles. The largest absolute Gasteiger partial charge is 0.489 e. The molecule has 1 aromatic heterocycles. The van der Waals surface area contributed by atoms with Crippen molar-refractivity contribution < 1.29 is 13.9 Å². The van der Waals surface area contributed by atoms with Crippen LogP contribution in [0.3, 0.4) is 0 Å². The zero-order chi connectivity index (χ0) is 20.3. The standard InChI is InChI=1S/C20H21ClFN5O2/c1-12-7-29-17-5-14(21)3-4-16(17)27(12)19(28)26-10-20(11-26)8-25(9-20)18-23-6-15(22)13(2)24-18/h3-6,12H,7-11H2,1-2H3. The van der Waals surface area contributed by atoms with Crippen LogP contribution in [0.15, 0.2) is 24.4 Å². The normalized spacial score (nSPS) is 21.9. The zero-order valence-electron chi connectivity index (χ0n) is 16.2. The van der Waals surface area contributed by atoms with Crippen molar-refractivity contribution in [2.75, 3.05) is 42.6 Å². The second-order valence-corrected chi connectivity index (χ2v) is 8.68. The SMILES string of the molecule is Cc1nc(N2CC3(CN(C(=O)N4c5ccc(Cl)cc5OCC4C)C3)C2)ncc1F.